The summed E-state index contributed by atoms with van der Waals surface area (Å²) in [4.78, 5) is 11.2. The number of rotatable bonds is 2. The first-order chi connectivity index (χ1) is 7.55. The number of hydrogen-bond donors (Lipinski definition) is 1. The minimum atomic E-state index is -0.948. The van der Waals surface area contributed by atoms with Gasteiger partial charge in [0.25, 0.3) is 0 Å². The van der Waals surface area contributed by atoms with E-state index in [0.717, 1.165) is 0 Å². The van der Waals surface area contributed by atoms with Crippen molar-refractivity contribution in [2.75, 3.05) is 12.9 Å². The predicted molar refractivity (Wildman–Crippen MR) is 60.5 cm³/mol. The molecule has 2 atom stereocenters. The average Bonchev–Trinajstić information content (AvgIpc) is 2.85. The molecule has 1 fully saturated rings. The predicted octanol–water partition coefficient (Wildman–Crippen LogP) is 1.78. The van der Waals surface area contributed by atoms with Crippen molar-refractivity contribution in [3.05, 3.63) is 23.7 Å². The second-order valence-electron chi connectivity index (χ2n) is 4.01. The standard InChI is InChI=1S/C11H14O4S/c1-7-5-11(13,6-16-7)9-4-3-8(15-9)10(12)14-2/h3-4,7,13H,5-6H2,1-2H3. The lowest BCUT2D eigenvalue weighted by Crippen LogP contribution is -2.24. The van der Waals surface area contributed by atoms with E-state index in [0.29, 0.717) is 23.2 Å². The zero-order valence-corrected chi connectivity index (χ0v) is 10.0. The van der Waals surface area contributed by atoms with E-state index in [1.165, 1.54) is 13.2 Å². The Bertz CT molecular complexity index is 400. The maximum atomic E-state index is 11.2. The number of esters is 1. The number of carbonyl (C=O) groups is 1. The number of ether oxygens (including phenoxy) is 1. The number of thioether (sulfide) groups is 1. The van der Waals surface area contributed by atoms with Crippen LogP contribution in [-0.2, 0) is 10.3 Å². The van der Waals surface area contributed by atoms with Gasteiger partial charge in [-0.2, -0.15) is 11.8 Å². The number of carbonyl (C=O) groups excluding carboxylic acids is 1. The molecule has 1 aliphatic rings. The van der Waals surface area contributed by atoms with E-state index in [9.17, 15) is 9.90 Å². The topological polar surface area (TPSA) is 59.7 Å². The minimum absolute atomic E-state index is 0.135. The van der Waals surface area contributed by atoms with Gasteiger partial charge in [0, 0.05) is 11.0 Å². The van der Waals surface area contributed by atoms with Crippen LogP contribution < -0.4 is 0 Å². The van der Waals surface area contributed by atoms with Crippen LogP contribution in [0.3, 0.4) is 0 Å². The van der Waals surface area contributed by atoms with Crippen LogP contribution in [0.25, 0.3) is 0 Å². The van der Waals surface area contributed by atoms with Crippen molar-refractivity contribution in [3.8, 4) is 0 Å². The molecule has 0 radical (unpaired) electrons. The summed E-state index contributed by atoms with van der Waals surface area (Å²) in [5.74, 6) is 0.663. The van der Waals surface area contributed by atoms with Gasteiger partial charge in [0.2, 0.25) is 5.76 Å². The smallest absolute Gasteiger partial charge is 0.373 e. The summed E-state index contributed by atoms with van der Waals surface area (Å²) < 4.78 is 9.88. The Balaban J connectivity index is 2.22. The van der Waals surface area contributed by atoms with Crippen LogP contribution in [0, 0.1) is 0 Å². The third-order valence-corrected chi connectivity index (χ3v) is 4.06. The molecule has 2 unspecified atom stereocenters. The normalized spacial score (nSPS) is 29.3. The molecule has 4 nitrogen and oxygen atoms in total. The molecule has 1 aromatic rings. The molecule has 0 aromatic carbocycles. The number of hydrogen-bond acceptors (Lipinski definition) is 5. The zero-order chi connectivity index (χ0) is 11.8. The van der Waals surface area contributed by atoms with Crippen molar-refractivity contribution in [3.63, 3.8) is 0 Å². The molecular formula is C11H14O4S. The Labute approximate surface area is 98.0 Å². The van der Waals surface area contributed by atoms with Gasteiger partial charge in [-0.1, -0.05) is 6.92 Å². The SMILES string of the molecule is COC(=O)c1ccc(C2(O)CSC(C)C2)o1. The van der Waals surface area contributed by atoms with Crippen LogP contribution in [0.4, 0.5) is 0 Å². The molecule has 1 N–H and O–H groups in total. The van der Waals surface area contributed by atoms with Crippen molar-refractivity contribution in [2.24, 2.45) is 0 Å². The van der Waals surface area contributed by atoms with Gasteiger partial charge in [0.1, 0.15) is 11.4 Å². The second-order valence-corrected chi connectivity index (χ2v) is 5.44. The lowest BCUT2D eigenvalue weighted by atomic mass is 9.98. The van der Waals surface area contributed by atoms with Gasteiger partial charge in [-0.3, -0.25) is 0 Å². The molecule has 0 spiro atoms. The summed E-state index contributed by atoms with van der Waals surface area (Å²) in [6.07, 6.45) is 0.645. The summed E-state index contributed by atoms with van der Waals surface area (Å²) in [6, 6.07) is 3.18. The first-order valence-electron chi connectivity index (χ1n) is 5.08. The van der Waals surface area contributed by atoms with Crippen molar-refractivity contribution in [1.82, 2.24) is 0 Å². The minimum Gasteiger partial charge on any atom is -0.463 e. The van der Waals surface area contributed by atoms with Gasteiger partial charge in [-0.15, -0.1) is 0 Å². The molecule has 1 aliphatic heterocycles. The molecule has 0 aliphatic carbocycles. The third-order valence-electron chi connectivity index (χ3n) is 2.68. The van der Waals surface area contributed by atoms with E-state index in [1.54, 1.807) is 17.8 Å². The largest absolute Gasteiger partial charge is 0.463 e. The summed E-state index contributed by atoms with van der Waals surface area (Å²) in [7, 11) is 1.30. The van der Waals surface area contributed by atoms with Crippen LogP contribution in [0.2, 0.25) is 0 Å². The lowest BCUT2D eigenvalue weighted by molar-refractivity contribution is 0.0337. The maximum Gasteiger partial charge on any atom is 0.373 e. The highest BCUT2D eigenvalue weighted by Gasteiger charge is 2.40. The average molecular weight is 242 g/mol. The van der Waals surface area contributed by atoms with Crippen LogP contribution in [0.5, 0.6) is 0 Å². The number of aliphatic hydroxyl groups is 1. The van der Waals surface area contributed by atoms with E-state index < -0.39 is 11.6 Å². The van der Waals surface area contributed by atoms with Crippen LogP contribution >= 0.6 is 11.8 Å². The summed E-state index contributed by atoms with van der Waals surface area (Å²) in [6.45, 7) is 2.06. The first-order valence-corrected chi connectivity index (χ1v) is 6.12. The van der Waals surface area contributed by atoms with E-state index in [1.807, 2.05) is 0 Å². The Hall–Kier alpha value is -0.940. The highest BCUT2D eigenvalue weighted by atomic mass is 32.2. The van der Waals surface area contributed by atoms with Gasteiger partial charge in [0.15, 0.2) is 0 Å². The Morgan fingerprint density at radius 2 is 2.44 bits per heavy atom. The monoisotopic (exact) mass is 242 g/mol. The van der Waals surface area contributed by atoms with Crippen molar-refractivity contribution in [1.29, 1.82) is 0 Å². The number of furan rings is 1. The third kappa shape index (κ3) is 1.97. The summed E-state index contributed by atoms with van der Waals surface area (Å²) in [5.41, 5.74) is -0.948. The van der Waals surface area contributed by atoms with Gasteiger partial charge in [-0.25, -0.2) is 4.79 Å². The molecule has 1 saturated heterocycles. The van der Waals surface area contributed by atoms with Gasteiger partial charge in [-0.05, 0) is 18.6 Å². The van der Waals surface area contributed by atoms with E-state index in [4.69, 9.17) is 4.42 Å². The van der Waals surface area contributed by atoms with Gasteiger partial charge < -0.3 is 14.3 Å². The van der Waals surface area contributed by atoms with E-state index in [-0.39, 0.29) is 5.76 Å². The fourth-order valence-corrected chi connectivity index (χ4v) is 3.06. The van der Waals surface area contributed by atoms with Gasteiger partial charge in [0.05, 0.1) is 7.11 Å². The molecule has 0 amide bonds. The molecule has 1 aromatic heterocycles. The van der Waals surface area contributed by atoms with Crippen LogP contribution in [-0.4, -0.2) is 29.2 Å². The lowest BCUT2D eigenvalue weighted by Gasteiger charge is -2.18. The Morgan fingerprint density at radius 1 is 1.69 bits per heavy atom. The van der Waals surface area contributed by atoms with E-state index in [2.05, 4.69) is 11.7 Å². The second kappa shape index (κ2) is 4.14. The fourth-order valence-electron chi connectivity index (χ4n) is 1.84. The molecule has 2 rings (SSSR count). The molecule has 0 saturated carbocycles. The Kier molecular flexibility index (Phi) is 2.99. The summed E-state index contributed by atoms with van der Waals surface area (Å²) >= 11 is 1.70. The van der Waals surface area contributed by atoms with Gasteiger partial charge >= 0.3 is 5.97 Å². The highest BCUT2D eigenvalue weighted by molar-refractivity contribution is 8.00. The first kappa shape index (κ1) is 11.5. The van der Waals surface area contributed by atoms with Crippen LogP contribution in [0.1, 0.15) is 29.7 Å². The van der Waals surface area contributed by atoms with Crippen molar-refractivity contribution in [2.45, 2.75) is 24.2 Å². The molecule has 88 valence electrons. The van der Waals surface area contributed by atoms with E-state index >= 15 is 0 Å². The zero-order valence-electron chi connectivity index (χ0n) is 9.23. The number of methoxy groups -OCH3 is 1. The van der Waals surface area contributed by atoms with Crippen molar-refractivity contribution >= 4 is 17.7 Å². The Morgan fingerprint density at radius 3 is 3.00 bits per heavy atom. The molecule has 2 heterocycles. The maximum absolute atomic E-state index is 11.2. The fraction of sp³-hybridized carbons (Fsp3) is 0.545. The molecule has 0 bridgehead atoms. The molecule has 16 heavy (non-hydrogen) atoms. The molecular weight excluding hydrogens is 228 g/mol. The molecule has 5 heteroatoms. The quantitative estimate of drug-likeness (QED) is 0.801. The van der Waals surface area contributed by atoms with Crippen molar-refractivity contribution < 1.29 is 19.1 Å². The van der Waals surface area contributed by atoms with Crippen LogP contribution in [0.15, 0.2) is 16.5 Å². The highest BCUT2D eigenvalue weighted by Crippen LogP contribution is 2.41. The summed E-state index contributed by atoms with van der Waals surface area (Å²) in [5, 5.41) is 10.7.